The molecule has 4 rings (SSSR count). The second-order valence-corrected chi connectivity index (χ2v) is 7.99. The zero-order valence-electron chi connectivity index (χ0n) is 13.4. The van der Waals surface area contributed by atoms with Gasteiger partial charge in [0.1, 0.15) is 11.7 Å². The molecule has 3 fully saturated rings. The summed E-state index contributed by atoms with van der Waals surface area (Å²) < 4.78 is 12.2. The van der Waals surface area contributed by atoms with Gasteiger partial charge in [-0.2, -0.15) is 0 Å². The summed E-state index contributed by atoms with van der Waals surface area (Å²) in [5.41, 5.74) is 2.12. The third-order valence-corrected chi connectivity index (χ3v) is 7.12. The molecule has 21 heavy (non-hydrogen) atoms. The van der Waals surface area contributed by atoms with Crippen molar-refractivity contribution in [3.05, 3.63) is 35.9 Å². The fourth-order valence-corrected chi connectivity index (χ4v) is 5.21. The van der Waals surface area contributed by atoms with Gasteiger partial charge in [-0.25, -0.2) is 0 Å². The summed E-state index contributed by atoms with van der Waals surface area (Å²) in [5, 5.41) is 0. The van der Waals surface area contributed by atoms with Crippen LogP contribution in [0.5, 0.6) is 0 Å². The topological polar surface area (TPSA) is 21.8 Å². The molecular formula is C19H26O2. The molecule has 1 aromatic carbocycles. The Morgan fingerprint density at radius 3 is 2.57 bits per heavy atom. The molecule has 0 radical (unpaired) electrons. The van der Waals surface area contributed by atoms with Crippen LogP contribution in [0.15, 0.2) is 30.3 Å². The smallest absolute Gasteiger partial charge is 0.111 e. The molecule has 1 heterocycles. The van der Waals surface area contributed by atoms with Crippen molar-refractivity contribution >= 4 is 0 Å². The maximum absolute atomic E-state index is 6.25. The van der Waals surface area contributed by atoms with Gasteiger partial charge >= 0.3 is 0 Å². The molecule has 1 spiro atoms. The molecule has 114 valence electrons. The molecule has 0 aromatic heterocycles. The average Bonchev–Trinajstić information content (AvgIpc) is 3.07. The molecule has 1 saturated heterocycles. The van der Waals surface area contributed by atoms with E-state index in [2.05, 4.69) is 45.0 Å². The molecule has 4 atom stereocenters. The molecule has 2 bridgehead atoms. The summed E-state index contributed by atoms with van der Waals surface area (Å²) in [6, 6.07) is 10.4. The van der Waals surface area contributed by atoms with Crippen LogP contribution in [0.4, 0.5) is 0 Å². The lowest BCUT2D eigenvalue weighted by Gasteiger charge is -2.38. The Balaban J connectivity index is 1.38. The summed E-state index contributed by atoms with van der Waals surface area (Å²) in [4.78, 5) is 0. The lowest BCUT2D eigenvalue weighted by Crippen LogP contribution is -2.40. The molecule has 2 saturated carbocycles. The summed E-state index contributed by atoms with van der Waals surface area (Å²) >= 11 is 0. The first-order valence-corrected chi connectivity index (χ1v) is 8.29. The van der Waals surface area contributed by atoms with E-state index in [4.69, 9.17) is 9.47 Å². The summed E-state index contributed by atoms with van der Waals surface area (Å²) in [6.07, 6.45) is 4.26. The third kappa shape index (κ3) is 1.72. The second kappa shape index (κ2) is 4.33. The Hall–Kier alpha value is -0.860. The number of epoxide rings is 1. The molecule has 2 nitrogen and oxygen atoms in total. The molecular weight excluding hydrogens is 260 g/mol. The fraction of sp³-hybridized carbons (Fsp3) is 0.684. The quantitative estimate of drug-likeness (QED) is 0.774. The highest BCUT2D eigenvalue weighted by Gasteiger charge is 2.78. The number of ether oxygens (including phenoxy) is 2. The molecule has 3 aliphatic rings. The number of fused-ring (bicyclic) bond motifs is 3. The minimum atomic E-state index is 0.121. The molecule has 2 aliphatic carbocycles. The first kappa shape index (κ1) is 13.8. The van der Waals surface area contributed by atoms with Crippen molar-refractivity contribution in [3.63, 3.8) is 0 Å². The zero-order valence-corrected chi connectivity index (χ0v) is 13.4. The van der Waals surface area contributed by atoms with Gasteiger partial charge in [-0.3, -0.25) is 0 Å². The molecule has 0 unspecified atom stereocenters. The Morgan fingerprint density at radius 1 is 1.19 bits per heavy atom. The first-order valence-electron chi connectivity index (χ1n) is 8.29. The van der Waals surface area contributed by atoms with E-state index < -0.39 is 0 Å². The highest BCUT2D eigenvalue weighted by Crippen LogP contribution is 2.76. The molecule has 0 amide bonds. The normalized spacial score (nSPS) is 42.6. The molecule has 1 aromatic rings. The van der Waals surface area contributed by atoms with Crippen molar-refractivity contribution < 1.29 is 9.47 Å². The molecule has 1 aliphatic heterocycles. The maximum atomic E-state index is 6.25. The Kier molecular flexibility index (Phi) is 2.84. The van der Waals surface area contributed by atoms with Crippen molar-refractivity contribution in [2.24, 2.45) is 16.7 Å². The predicted octanol–water partition coefficient (Wildman–Crippen LogP) is 4.19. The van der Waals surface area contributed by atoms with E-state index in [0.29, 0.717) is 23.5 Å². The van der Waals surface area contributed by atoms with E-state index in [1.165, 1.54) is 24.8 Å². The summed E-state index contributed by atoms with van der Waals surface area (Å²) in [7, 11) is 0. The van der Waals surface area contributed by atoms with Gasteiger partial charge < -0.3 is 9.47 Å². The Morgan fingerprint density at radius 2 is 1.95 bits per heavy atom. The lowest BCUT2D eigenvalue weighted by atomic mass is 9.65. The summed E-state index contributed by atoms with van der Waals surface area (Å²) in [6.45, 7) is 8.79. The molecule has 0 N–H and O–H groups in total. The fourth-order valence-electron chi connectivity index (χ4n) is 5.21. The van der Waals surface area contributed by atoms with Crippen LogP contribution in [-0.2, 0) is 16.1 Å². The number of rotatable bonds is 4. The highest BCUT2D eigenvalue weighted by atomic mass is 16.6. The van der Waals surface area contributed by atoms with Crippen LogP contribution in [0.25, 0.3) is 0 Å². The van der Waals surface area contributed by atoms with Crippen LogP contribution in [-0.4, -0.2) is 18.3 Å². The predicted molar refractivity (Wildman–Crippen MR) is 82.9 cm³/mol. The lowest BCUT2D eigenvalue weighted by molar-refractivity contribution is 0.0701. The van der Waals surface area contributed by atoms with Crippen LogP contribution in [0, 0.1) is 16.7 Å². The van der Waals surface area contributed by atoms with Gasteiger partial charge in [0.25, 0.3) is 0 Å². The maximum Gasteiger partial charge on any atom is 0.111 e. The van der Waals surface area contributed by atoms with E-state index >= 15 is 0 Å². The number of hydrogen-bond acceptors (Lipinski definition) is 2. The van der Waals surface area contributed by atoms with E-state index in [9.17, 15) is 0 Å². The van der Waals surface area contributed by atoms with E-state index in [1.807, 2.05) is 6.07 Å². The second-order valence-electron chi connectivity index (χ2n) is 7.99. The van der Waals surface area contributed by atoms with Crippen LogP contribution in [0.2, 0.25) is 0 Å². The molecule has 2 heteroatoms. The van der Waals surface area contributed by atoms with Crippen LogP contribution in [0.1, 0.15) is 45.6 Å². The third-order valence-electron chi connectivity index (χ3n) is 7.12. The van der Waals surface area contributed by atoms with Gasteiger partial charge in [0.05, 0.1) is 13.2 Å². The Labute approximate surface area is 127 Å². The van der Waals surface area contributed by atoms with E-state index in [-0.39, 0.29) is 5.60 Å². The van der Waals surface area contributed by atoms with Gasteiger partial charge in [-0.1, -0.05) is 51.1 Å². The van der Waals surface area contributed by atoms with Crippen molar-refractivity contribution in [3.8, 4) is 0 Å². The highest BCUT2D eigenvalue weighted by molar-refractivity contribution is 5.27. The number of hydrogen-bond donors (Lipinski definition) is 0. The van der Waals surface area contributed by atoms with E-state index in [0.717, 1.165) is 12.5 Å². The van der Waals surface area contributed by atoms with Gasteiger partial charge in [-0.15, -0.1) is 0 Å². The SMILES string of the molecule is CC1(C)[C@@H]2CC[C@@]1(C)[C@@]1(C2)O[C@@H]1COCc1ccccc1. The summed E-state index contributed by atoms with van der Waals surface area (Å²) in [5.74, 6) is 0.835. The average molecular weight is 286 g/mol. The van der Waals surface area contributed by atoms with Gasteiger partial charge in [0.15, 0.2) is 0 Å². The largest absolute Gasteiger partial charge is 0.374 e. The van der Waals surface area contributed by atoms with E-state index in [1.54, 1.807) is 0 Å². The van der Waals surface area contributed by atoms with Crippen LogP contribution in [0.3, 0.4) is 0 Å². The standard InChI is InChI=1S/C19H26O2/c1-17(2)15-9-10-18(17,3)19(11-15)16(21-19)13-20-12-14-7-5-4-6-8-14/h4-8,15-16H,9-13H2,1-3H3/t15-,16-,18-,19+/m1/s1. The van der Waals surface area contributed by atoms with Crippen LogP contribution < -0.4 is 0 Å². The van der Waals surface area contributed by atoms with Gasteiger partial charge in [-0.05, 0) is 36.2 Å². The van der Waals surface area contributed by atoms with Crippen molar-refractivity contribution in [1.82, 2.24) is 0 Å². The first-order chi connectivity index (χ1) is 10.00. The van der Waals surface area contributed by atoms with Crippen molar-refractivity contribution in [2.45, 2.75) is 58.3 Å². The number of benzene rings is 1. The minimum absolute atomic E-state index is 0.121. The van der Waals surface area contributed by atoms with Gasteiger partial charge in [0, 0.05) is 5.41 Å². The van der Waals surface area contributed by atoms with Crippen molar-refractivity contribution in [2.75, 3.05) is 6.61 Å². The monoisotopic (exact) mass is 286 g/mol. The van der Waals surface area contributed by atoms with Crippen molar-refractivity contribution in [1.29, 1.82) is 0 Å². The Bertz CT molecular complexity index is 538. The zero-order chi connectivity index (χ0) is 14.7. The van der Waals surface area contributed by atoms with Gasteiger partial charge in [0.2, 0.25) is 0 Å². The minimum Gasteiger partial charge on any atom is -0.374 e. The van der Waals surface area contributed by atoms with Crippen LogP contribution >= 0.6 is 0 Å².